The van der Waals surface area contributed by atoms with Gasteiger partial charge in [0.15, 0.2) is 0 Å². The van der Waals surface area contributed by atoms with Crippen LogP contribution < -0.4 is 15.6 Å². The van der Waals surface area contributed by atoms with E-state index in [-0.39, 0.29) is 16.8 Å². The molecule has 0 spiro atoms. The van der Waals surface area contributed by atoms with E-state index >= 15 is 0 Å². The second kappa shape index (κ2) is 7.98. The van der Waals surface area contributed by atoms with E-state index < -0.39 is 5.82 Å². The van der Waals surface area contributed by atoms with Gasteiger partial charge in [-0.25, -0.2) is 4.39 Å². The largest absolute Gasteiger partial charge is 0.358 e. The van der Waals surface area contributed by atoms with Crippen LogP contribution in [0, 0.1) is 11.3 Å². The highest BCUT2D eigenvalue weighted by atomic mass is 35.5. The van der Waals surface area contributed by atoms with E-state index in [4.69, 9.17) is 17.1 Å². The number of anilines is 3. The highest BCUT2D eigenvalue weighted by Crippen LogP contribution is 2.43. The summed E-state index contributed by atoms with van der Waals surface area (Å²) in [6, 6.07) is 10.3. The lowest BCUT2D eigenvalue weighted by molar-refractivity contribution is -0.105. The van der Waals surface area contributed by atoms with Gasteiger partial charge in [0.05, 0.1) is 22.4 Å². The predicted octanol–water partition coefficient (Wildman–Crippen LogP) is 4.95. The van der Waals surface area contributed by atoms with Gasteiger partial charge in [-0.2, -0.15) is 5.53 Å². The molecule has 0 aromatic heterocycles. The van der Waals surface area contributed by atoms with Crippen LogP contribution in [0.4, 0.5) is 21.5 Å². The Kier molecular flexibility index (Phi) is 5.69. The Bertz CT molecular complexity index is 837. The fourth-order valence-electron chi connectivity index (χ4n) is 3.29. The summed E-state index contributed by atoms with van der Waals surface area (Å²) in [6.07, 6.45) is 2.39. The Morgan fingerprint density at radius 3 is 2.77 bits per heavy atom. The van der Waals surface area contributed by atoms with Crippen molar-refractivity contribution in [1.82, 2.24) is 0 Å². The van der Waals surface area contributed by atoms with E-state index in [1.54, 1.807) is 18.2 Å². The van der Waals surface area contributed by atoms with Crippen LogP contribution in [-0.4, -0.2) is 12.2 Å². The predicted molar refractivity (Wildman–Crippen MR) is 104 cm³/mol. The van der Waals surface area contributed by atoms with Crippen LogP contribution in [0.2, 0.25) is 5.02 Å². The average Bonchev–Trinajstić information content (AvgIpc) is 3.01. The number of nitrogens with zero attached hydrogens (tertiary/aromatic N) is 2. The summed E-state index contributed by atoms with van der Waals surface area (Å²) in [4.78, 5) is 12.9. The summed E-state index contributed by atoms with van der Waals surface area (Å²) >= 11 is 5.81. The van der Waals surface area contributed by atoms with Gasteiger partial charge in [0, 0.05) is 11.5 Å². The van der Waals surface area contributed by atoms with Crippen LogP contribution in [0.25, 0.3) is 0 Å². The van der Waals surface area contributed by atoms with Gasteiger partial charge in [0.1, 0.15) is 5.82 Å². The van der Waals surface area contributed by atoms with E-state index in [9.17, 15) is 9.18 Å². The number of carbonyl (C=O) groups excluding carboxylic acids is 1. The number of nitrogens with one attached hydrogen (secondary N) is 3. The van der Waals surface area contributed by atoms with Crippen molar-refractivity contribution in [2.75, 3.05) is 15.6 Å². The number of hydrogen-bond donors (Lipinski definition) is 3. The molecule has 0 bridgehead atoms. The zero-order valence-electron chi connectivity index (χ0n) is 13.7. The van der Waals surface area contributed by atoms with Crippen molar-refractivity contribution < 1.29 is 9.18 Å². The van der Waals surface area contributed by atoms with Crippen LogP contribution in [0.15, 0.2) is 41.6 Å². The standard InChI is InChI=1S/C17H18ClFN5OP/c18-12-3-2-11(8-13(12)19)24-16(5-6-17(24)26)10-1-4-14(21-9-25)15(7-10)22-23-20/h1-4,7-9,16-17H,5-6,26H2,(H2,20,22)(H,21,25)/t16-,17+/m1/s1. The Morgan fingerprint density at radius 1 is 1.27 bits per heavy atom. The van der Waals surface area contributed by atoms with Gasteiger partial charge >= 0.3 is 0 Å². The third-order valence-electron chi connectivity index (χ3n) is 4.45. The van der Waals surface area contributed by atoms with E-state index in [1.807, 2.05) is 12.1 Å². The van der Waals surface area contributed by atoms with Gasteiger partial charge in [-0.3, -0.25) is 10.2 Å². The molecule has 1 aliphatic rings. The van der Waals surface area contributed by atoms with Crippen molar-refractivity contribution in [3.05, 3.63) is 52.8 Å². The summed E-state index contributed by atoms with van der Waals surface area (Å²) in [5.41, 5.74) is 12.4. The third-order valence-corrected chi connectivity index (χ3v) is 5.41. The maximum atomic E-state index is 13.9. The first-order valence-corrected chi connectivity index (χ1v) is 9.05. The molecule has 136 valence electrons. The Morgan fingerprint density at radius 2 is 2.08 bits per heavy atom. The first kappa shape index (κ1) is 18.5. The number of rotatable bonds is 6. The first-order valence-electron chi connectivity index (χ1n) is 8.00. The Hall–Kier alpha value is -2.24. The van der Waals surface area contributed by atoms with E-state index in [0.717, 1.165) is 24.1 Å². The van der Waals surface area contributed by atoms with Crippen LogP contribution >= 0.6 is 20.8 Å². The smallest absolute Gasteiger partial charge is 0.211 e. The third kappa shape index (κ3) is 3.64. The maximum Gasteiger partial charge on any atom is 0.211 e. The van der Waals surface area contributed by atoms with Gasteiger partial charge in [0.25, 0.3) is 0 Å². The summed E-state index contributed by atoms with van der Waals surface area (Å²) in [7, 11) is 2.80. The molecule has 0 saturated carbocycles. The number of halogens is 2. The molecule has 26 heavy (non-hydrogen) atoms. The van der Waals surface area contributed by atoms with E-state index in [0.29, 0.717) is 17.8 Å². The molecule has 1 heterocycles. The topological polar surface area (TPSA) is 80.6 Å². The quantitative estimate of drug-likeness (QED) is 0.281. The van der Waals surface area contributed by atoms with Crippen LogP contribution in [0.1, 0.15) is 24.4 Å². The number of hydrogen-bond acceptors (Lipinski definition) is 4. The van der Waals surface area contributed by atoms with Gasteiger partial charge in [-0.15, -0.1) is 9.24 Å². The normalized spacial score (nSPS) is 19.3. The van der Waals surface area contributed by atoms with Crippen molar-refractivity contribution in [3.8, 4) is 0 Å². The molecule has 2 aromatic carbocycles. The monoisotopic (exact) mass is 393 g/mol. The SMILES string of the molecule is N=NNc1cc([C@H]2CC[C@H](P)N2c2ccc(Cl)c(F)c2)ccc1NC=O. The molecule has 0 aliphatic carbocycles. The second-order valence-corrected chi connectivity index (χ2v) is 7.13. The van der Waals surface area contributed by atoms with Crippen molar-refractivity contribution in [2.24, 2.45) is 5.22 Å². The highest BCUT2D eigenvalue weighted by molar-refractivity contribution is 7.17. The minimum absolute atomic E-state index is 0.0228. The molecular weight excluding hydrogens is 376 g/mol. The molecule has 3 atom stereocenters. The van der Waals surface area contributed by atoms with Crippen molar-refractivity contribution in [2.45, 2.75) is 24.7 Å². The highest BCUT2D eigenvalue weighted by Gasteiger charge is 2.32. The van der Waals surface area contributed by atoms with Crippen molar-refractivity contribution >= 4 is 44.3 Å². The molecule has 3 rings (SSSR count). The first-order chi connectivity index (χ1) is 12.5. The van der Waals surface area contributed by atoms with Crippen molar-refractivity contribution in [1.29, 1.82) is 5.53 Å². The fourth-order valence-corrected chi connectivity index (χ4v) is 3.98. The van der Waals surface area contributed by atoms with Crippen molar-refractivity contribution in [3.63, 3.8) is 0 Å². The molecule has 1 saturated heterocycles. The molecule has 2 aromatic rings. The second-order valence-electron chi connectivity index (χ2n) is 5.96. The zero-order chi connectivity index (χ0) is 18.7. The Balaban J connectivity index is 1.98. The van der Waals surface area contributed by atoms with Gasteiger partial charge < -0.3 is 10.2 Å². The Labute approximate surface area is 157 Å². The summed E-state index contributed by atoms with van der Waals surface area (Å²) in [5.74, 6) is -0.293. The summed E-state index contributed by atoms with van der Waals surface area (Å²) in [5, 5.41) is 5.86. The molecule has 1 amide bonds. The van der Waals surface area contributed by atoms with Gasteiger partial charge in [-0.1, -0.05) is 22.9 Å². The molecule has 9 heteroatoms. The van der Waals surface area contributed by atoms with Crippen LogP contribution in [0.5, 0.6) is 0 Å². The van der Waals surface area contributed by atoms with Gasteiger partial charge in [-0.05, 0) is 48.7 Å². The minimum atomic E-state index is -0.451. The van der Waals surface area contributed by atoms with E-state index in [2.05, 4.69) is 30.1 Å². The molecule has 3 N–H and O–H groups in total. The zero-order valence-corrected chi connectivity index (χ0v) is 15.7. The molecule has 1 aliphatic heterocycles. The average molecular weight is 394 g/mol. The van der Waals surface area contributed by atoms with Gasteiger partial charge in [0.2, 0.25) is 6.41 Å². The lowest BCUT2D eigenvalue weighted by Gasteiger charge is -2.31. The summed E-state index contributed by atoms with van der Waals surface area (Å²) < 4.78 is 13.9. The summed E-state index contributed by atoms with van der Waals surface area (Å²) in [6.45, 7) is 0. The lowest BCUT2D eigenvalue weighted by Crippen LogP contribution is -2.27. The number of benzene rings is 2. The lowest BCUT2D eigenvalue weighted by atomic mass is 10.0. The molecule has 6 nitrogen and oxygen atoms in total. The minimum Gasteiger partial charge on any atom is -0.358 e. The molecule has 1 unspecified atom stereocenters. The van der Waals surface area contributed by atoms with Crippen LogP contribution in [0.3, 0.4) is 0 Å². The maximum absolute atomic E-state index is 13.9. The molecule has 1 fully saturated rings. The fraction of sp³-hybridized carbons (Fsp3) is 0.235. The number of carbonyl (C=O) groups is 1. The molecule has 0 radical (unpaired) electrons. The van der Waals surface area contributed by atoms with E-state index in [1.165, 1.54) is 6.07 Å². The molecular formula is C17H18ClFN5OP. The van der Waals surface area contributed by atoms with Crippen LogP contribution in [-0.2, 0) is 4.79 Å². The number of amides is 1.